The first-order chi connectivity index (χ1) is 9.65. The van der Waals surface area contributed by atoms with Gasteiger partial charge in [0.15, 0.2) is 5.78 Å². The van der Waals surface area contributed by atoms with Crippen molar-refractivity contribution in [2.24, 2.45) is 10.9 Å². The van der Waals surface area contributed by atoms with E-state index in [2.05, 4.69) is 30.8 Å². The van der Waals surface area contributed by atoms with E-state index in [-0.39, 0.29) is 17.7 Å². The van der Waals surface area contributed by atoms with Gasteiger partial charge in [0.2, 0.25) is 0 Å². The largest absolute Gasteiger partial charge is 0.380 e. The molecule has 1 atom stereocenters. The summed E-state index contributed by atoms with van der Waals surface area (Å²) in [6, 6.07) is 10.2. The summed E-state index contributed by atoms with van der Waals surface area (Å²) >= 11 is 0. The number of likely N-dealkylation sites (N-methyl/N-ethyl adjacent to an activating group) is 1. The molecule has 0 aromatic heterocycles. The third-order valence-electron chi connectivity index (χ3n) is 3.72. The van der Waals surface area contributed by atoms with Crippen molar-refractivity contribution in [3.63, 3.8) is 0 Å². The van der Waals surface area contributed by atoms with Crippen LogP contribution < -0.4 is 0 Å². The van der Waals surface area contributed by atoms with Crippen LogP contribution in [0.1, 0.15) is 18.5 Å². The fourth-order valence-corrected chi connectivity index (χ4v) is 2.17. The maximum Gasteiger partial charge on any atom is 0.188 e. The van der Waals surface area contributed by atoms with Crippen LogP contribution in [0.15, 0.2) is 47.2 Å². The minimum absolute atomic E-state index is 0.0478. The Morgan fingerprint density at radius 2 is 2.10 bits per heavy atom. The van der Waals surface area contributed by atoms with E-state index in [1.807, 2.05) is 30.1 Å². The fraction of sp³-hybridized carbons (Fsp3) is 0.375. The molecular formula is C16H20N2O2. The molecule has 0 bridgehead atoms. The van der Waals surface area contributed by atoms with Gasteiger partial charge in [-0.15, -0.1) is 0 Å². The molecule has 0 amide bonds. The number of allylic oxidation sites excluding steroid dienone is 1. The van der Waals surface area contributed by atoms with Crippen LogP contribution >= 0.6 is 0 Å². The summed E-state index contributed by atoms with van der Waals surface area (Å²) in [4.78, 5) is 18.1. The van der Waals surface area contributed by atoms with Gasteiger partial charge >= 0.3 is 0 Å². The van der Waals surface area contributed by atoms with Crippen LogP contribution in [-0.4, -0.2) is 37.7 Å². The lowest BCUT2D eigenvalue weighted by Gasteiger charge is -2.32. The quantitative estimate of drug-likeness (QED) is 0.590. The van der Waals surface area contributed by atoms with Gasteiger partial charge in [0.1, 0.15) is 0 Å². The maximum absolute atomic E-state index is 12.4. The molecule has 20 heavy (non-hydrogen) atoms. The van der Waals surface area contributed by atoms with Gasteiger partial charge in [-0.1, -0.05) is 30.3 Å². The molecule has 1 fully saturated rings. The van der Waals surface area contributed by atoms with Crippen LogP contribution in [-0.2, 0) is 9.53 Å². The molecule has 0 radical (unpaired) electrons. The zero-order chi connectivity index (χ0) is 14.5. The van der Waals surface area contributed by atoms with E-state index in [1.54, 1.807) is 6.20 Å². The topological polar surface area (TPSA) is 41.9 Å². The molecular weight excluding hydrogens is 252 g/mol. The summed E-state index contributed by atoms with van der Waals surface area (Å²) in [6.07, 6.45) is 1.54. The molecule has 2 rings (SSSR count). The second-order valence-electron chi connectivity index (χ2n) is 4.99. The predicted molar refractivity (Wildman–Crippen MR) is 79.6 cm³/mol. The Labute approximate surface area is 119 Å². The van der Waals surface area contributed by atoms with Gasteiger partial charge in [0.25, 0.3) is 0 Å². The highest BCUT2D eigenvalue weighted by atomic mass is 16.5. The molecule has 1 aromatic carbocycles. The Morgan fingerprint density at radius 1 is 1.45 bits per heavy atom. The SMILES string of the molecule is C=N/C=C(/C(=O)C1COC1)N(C)[C@H](C)c1ccccc1. The Bertz CT molecular complexity index is 506. The number of hydrogen-bond donors (Lipinski definition) is 0. The van der Waals surface area contributed by atoms with E-state index >= 15 is 0 Å². The first kappa shape index (κ1) is 14.5. The lowest BCUT2D eigenvalue weighted by atomic mass is 9.98. The van der Waals surface area contributed by atoms with Gasteiger partial charge in [0, 0.05) is 7.05 Å². The van der Waals surface area contributed by atoms with E-state index in [9.17, 15) is 4.79 Å². The van der Waals surface area contributed by atoms with Gasteiger partial charge in [-0.3, -0.25) is 9.79 Å². The predicted octanol–water partition coefficient (Wildman–Crippen LogP) is 2.44. The van der Waals surface area contributed by atoms with Gasteiger partial charge in [0.05, 0.1) is 37.1 Å². The van der Waals surface area contributed by atoms with Gasteiger partial charge in [-0.25, -0.2) is 0 Å². The Morgan fingerprint density at radius 3 is 2.60 bits per heavy atom. The summed E-state index contributed by atoms with van der Waals surface area (Å²) in [5.74, 6) is 0.0300. The monoisotopic (exact) mass is 272 g/mol. The minimum Gasteiger partial charge on any atom is -0.380 e. The Balaban J connectivity index is 2.18. The summed E-state index contributed by atoms with van der Waals surface area (Å²) < 4.78 is 5.10. The zero-order valence-corrected chi connectivity index (χ0v) is 12.0. The number of benzene rings is 1. The highest BCUT2D eigenvalue weighted by Crippen LogP contribution is 2.26. The normalized spacial score (nSPS) is 17.2. The molecule has 0 unspecified atom stereocenters. The molecule has 0 aliphatic carbocycles. The number of ether oxygens (including phenoxy) is 1. The smallest absolute Gasteiger partial charge is 0.188 e. The van der Waals surface area contributed by atoms with Crippen molar-refractivity contribution in [1.82, 2.24) is 4.90 Å². The van der Waals surface area contributed by atoms with Crippen molar-refractivity contribution < 1.29 is 9.53 Å². The Hall–Kier alpha value is -1.94. The van der Waals surface area contributed by atoms with Crippen molar-refractivity contribution in [3.8, 4) is 0 Å². The van der Waals surface area contributed by atoms with Crippen molar-refractivity contribution in [1.29, 1.82) is 0 Å². The van der Waals surface area contributed by atoms with E-state index in [0.29, 0.717) is 18.9 Å². The van der Waals surface area contributed by atoms with Crippen molar-refractivity contribution in [2.45, 2.75) is 13.0 Å². The minimum atomic E-state index is -0.0478. The number of ketones is 1. The van der Waals surface area contributed by atoms with E-state index in [1.165, 1.54) is 0 Å². The lowest BCUT2D eigenvalue weighted by molar-refractivity contribution is -0.134. The van der Waals surface area contributed by atoms with E-state index in [0.717, 1.165) is 5.56 Å². The first-order valence-corrected chi connectivity index (χ1v) is 6.71. The molecule has 4 nitrogen and oxygen atoms in total. The third-order valence-corrected chi connectivity index (χ3v) is 3.72. The lowest BCUT2D eigenvalue weighted by Crippen LogP contribution is -2.39. The molecule has 1 aromatic rings. The highest BCUT2D eigenvalue weighted by Gasteiger charge is 2.31. The highest BCUT2D eigenvalue weighted by molar-refractivity contribution is 5.97. The summed E-state index contributed by atoms with van der Waals surface area (Å²) in [5, 5.41) is 0. The van der Waals surface area contributed by atoms with Crippen LogP contribution in [0.2, 0.25) is 0 Å². The Kier molecular flexibility index (Phi) is 4.69. The maximum atomic E-state index is 12.4. The summed E-state index contributed by atoms with van der Waals surface area (Å²) in [5.41, 5.74) is 1.74. The molecule has 4 heteroatoms. The van der Waals surface area contributed by atoms with E-state index in [4.69, 9.17) is 4.74 Å². The van der Waals surface area contributed by atoms with E-state index < -0.39 is 0 Å². The molecule has 0 N–H and O–H groups in total. The molecule has 106 valence electrons. The molecule has 1 aliphatic rings. The summed E-state index contributed by atoms with van der Waals surface area (Å²) in [7, 11) is 1.91. The van der Waals surface area contributed by atoms with Crippen molar-refractivity contribution in [2.75, 3.05) is 20.3 Å². The number of aliphatic imine (C=N–C) groups is 1. The van der Waals surface area contributed by atoms with Crippen LogP contribution in [0.25, 0.3) is 0 Å². The molecule has 0 spiro atoms. The van der Waals surface area contributed by atoms with Gasteiger partial charge < -0.3 is 9.64 Å². The van der Waals surface area contributed by atoms with Crippen LogP contribution in [0.5, 0.6) is 0 Å². The second kappa shape index (κ2) is 6.48. The van der Waals surface area contributed by atoms with Crippen LogP contribution in [0.4, 0.5) is 0 Å². The number of hydrogen-bond acceptors (Lipinski definition) is 4. The van der Waals surface area contributed by atoms with Crippen LogP contribution in [0, 0.1) is 5.92 Å². The van der Waals surface area contributed by atoms with Gasteiger partial charge in [-0.2, -0.15) is 0 Å². The average Bonchev–Trinajstić information content (AvgIpc) is 2.42. The second-order valence-corrected chi connectivity index (χ2v) is 4.99. The summed E-state index contributed by atoms with van der Waals surface area (Å²) in [6.45, 7) is 6.53. The molecule has 0 saturated carbocycles. The van der Waals surface area contributed by atoms with Crippen molar-refractivity contribution >= 4 is 12.5 Å². The van der Waals surface area contributed by atoms with Crippen molar-refractivity contribution in [3.05, 3.63) is 47.8 Å². The third kappa shape index (κ3) is 2.96. The average molecular weight is 272 g/mol. The molecule has 1 aliphatic heterocycles. The standard InChI is InChI=1S/C16H20N2O2/c1-12(13-7-5-4-6-8-13)18(3)15(9-17-2)16(19)14-10-20-11-14/h4-9,12,14H,2,10-11H2,1,3H3/b15-9-/t12-/m1/s1. The number of nitrogens with zero attached hydrogens (tertiary/aromatic N) is 2. The first-order valence-electron chi connectivity index (χ1n) is 6.71. The molecule has 1 saturated heterocycles. The van der Waals surface area contributed by atoms with Crippen LogP contribution in [0.3, 0.4) is 0 Å². The van der Waals surface area contributed by atoms with Gasteiger partial charge in [-0.05, 0) is 19.2 Å². The fourth-order valence-electron chi connectivity index (χ4n) is 2.17. The molecule has 1 heterocycles. The number of rotatable bonds is 6. The number of carbonyl (C=O) groups excluding carboxylic acids is 1. The number of carbonyl (C=O) groups is 1. The zero-order valence-electron chi connectivity index (χ0n) is 12.0. The number of Topliss-reactive ketones (excluding diaryl/α,β-unsaturated/α-hetero) is 1.